The average molecular weight is 402 g/mol. The Kier molecular flexibility index (Phi) is 6.07. The normalized spacial score (nSPS) is 18.2. The molecule has 2 aromatic heterocycles. The quantitative estimate of drug-likeness (QED) is 0.706. The smallest absolute Gasteiger partial charge is 0.318 e. The SMILES string of the molecule is CCOCCCNC(=O)N1Cc2c(sc3c2CCCC3)-n2cccc2[C@@H]1CC. The Bertz CT molecular complexity index is 826. The highest BCUT2D eigenvalue weighted by molar-refractivity contribution is 7.15. The van der Waals surface area contributed by atoms with Crippen LogP contribution in [0.15, 0.2) is 18.3 Å². The van der Waals surface area contributed by atoms with E-state index in [0.717, 1.165) is 25.9 Å². The molecule has 2 aromatic rings. The summed E-state index contributed by atoms with van der Waals surface area (Å²) in [6.07, 6.45) is 8.81. The molecule has 1 aliphatic carbocycles. The molecular formula is C22H31N3O2S. The third-order valence-electron chi connectivity index (χ3n) is 5.90. The van der Waals surface area contributed by atoms with E-state index in [1.54, 1.807) is 0 Å². The first-order valence-electron chi connectivity index (χ1n) is 10.7. The number of hydrogen-bond acceptors (Lipinski definition) is 3. The van der Waals surface area contributed by atoms with Gasteiger partial charge in [0.15, 0.2) is 0 Å². The van der Waals surface area contributed by atoms with Gasteiger partial charge in [-0.25, -0.2) is 4.79 Å². The van der Waals surface area contributed by atoms with Crippen LogP contribution in [0.3, 0.4) is 0 Å². The van der Waals surface area contributed by atoms with Gasteiger partial charge in [0.05, 0.1) is 12.6 Å². The summed E-state index contributed by atoms with van der Waals surface area (Å²) in [5.74, 6) is 0. The van der Waals surface area contributed by atoms with Crippen LogP contribution in [0.4, 0.5) is 4.79 Å². The summed E-state index contributed by atoms with van der Waals surface area (Å²) in [6.45, 7) is 6.95. The minimum absolute atomic E-state index is 0.0414. The van der Waals surface area contributed by atoms with Crippen LogP contribution >= 0.6 is 11.3 Å². The largest absolute Gasteiger partial charge is 0.382 e. The molecule has 4 rings (SSSR count). The molecule has 28 heavy (non-hydrogen) atoms. The molecule has 3 heterocycles. The minimum Gasteiger partial charge on any atom is -0.382 e. The number of ether oxygens (including phenoxy) is 1. The monoisotopic (exact) mass is 401 g/mol. The Morgan fingerprint density at radius 3 is 2.96 bits per heavy atom. The summed E-state index contributed by atoms with van der Waals surface area (Å²) in [5, 5.41) is 4.46. The van der Waals surface area contributed by atoms with Crippen molar-refractivity contribution in [3.05, 3.63) is 40.0 Å². The van der Waals surface area contributed by atoms with E-state index in [0.29, 0.717) is 19.7 Å². The van der Waals surface area contributed by atoms with Gasteiger partial charge in [-0.3, -0.25) is 0 Å². The van der Waals surface area contributed by atoms with Gasteiger partial charge in [0.1, 0.15) is 5.00 Å². The lowest BCUT2D eigenvalue weighted by molar-refractivity contribution is 0.141. The summed E-state index contributed by atoms with van der Waals surface area (Å²) < 4.78 is 7.73. The zero-order valence-electron chi connectivity index (χ0n) is 17.0. The lowest BCUT2D eigenvalue weighted by atomic mass is 9.95. The van der Waals surface area contributed by atoms with Crippen molar-refractivity contribution in [1.29, 1.82) is 0 Å². The lowest BCUT2D eigenvalue weighted by Gasteiger charge is -2.30. The van der Waals surface area contributed by atoms with Crippen molar-refractivity contribution in [2.24, 2.45) is 0 Å². The van der Waals surface area contributed by atoms with Gasteiger partial charge in [0.25, 0.3) is 0 Å². The second-order valence-corrected chi connectivity index (χ2v) is 8.72. The zero-order valence-corrected chi connectivity index (χ0v) is 17.8. The summed E-state index contributed by atoms with van der Waals surface area (Å²) in [7, 11) is 0. The van der Waals surface area contributed by atoms with Crippen molar-refractivity contribution < 1.29 is 9.53 Å². The van der Waals surface area contributed by atoms with Crippen molar-refractivity contribution in [1.82, 2.24) is 14.8 Å². The van der Waals surface area contributed by atoms with Crippen LogP contribution < -0.4 is 5.32 Å². The maximum atomic E-state index is 13.2. The molecule has 1 aliphatic heterocycles. The van der Waals surface area contributed by atoms with Crippen molar-refractivity contribution in [2.45, 2.75) is 65.0 Å². The predicted octanol–water partition coefficient (Wildman–Crippen LogP) is 4.82. The van der Waals surface area contributed by atoms with E-state index in [-0.39, 0.29) is 12.1 Å². The highest BCUT2D eigenvalue weighted by Gasteiger charge is 2.34. The third kappa shape index (κ3) is 3.60. The first kappa shape index (κ1) is 19.5. The van der Waals surface area contributed by atoms with Gasteiger partial charge in [0, 0.05) is 42.1 Å². The van der Waals surface area contributed by atoms with Crippen LogP contribution in [0, 0.1) is 0 Å². The number of aromatic nitrogens is 1. The fourth-order valence-corrected chi connectivity index (χ4v) is 5.93. The molecule has 1 N–H and O–H groups in total. The fourth-order valence-electron chi connectivity index (χ4n) is 4.52. The van der Waals surface area contributed by atoms with E-state index >= 15 is 0 Å². The van der Waals surface area contributed by atoms with Gasteiger partial charge in [0.2, 0.25) is 0 Å². The number of aryl methyl sites for hydroxylation is 1. The Labute approximate surface area is 171 Å². The van der Waals surface area contributed by atoms with E-state index in [4.69, 9.17) is 4.74 Å². The topological polar surface area (TPSA) is 46.5 Å². The Morgan fingerprint density at radius 1 is 1.29 bits per heavy atom. The molecule has 0 spiro atoms. The van der Waals surface area contributed by atoms with Crippen molar-refractivity contribution in [2.75, 3.05) is 19.8 Å². The summed E-state index contributed by atoms with van der Waals surface area (Å²) in [5.41, 5.74) is 4.11. The molecule has 0 bridgehead atoms. The Hall–Kier alpha value is -1.79. The molecule has 2 aliphatic rings. The van der Waals surface area contributed by atoms with Gasteiger partial charge in [-0.2, -0.15) is 0 Å². The number of thiophene rings is 1. The molecule has 6 heteroatoms. The summed E-state index contributed by atoms with van der Waals surface area (Å²) in [6, 6.07) is 4.43. The van der Waals surface area contributed by atoms with Crippen LogP contribution in [0.25, 0.3) is 5.00 Å². The number of rotatable bonds is 6. The number of fused-ring (bicyclic) bond motifs is 5. The van der Waals surface area contributed by atoms with Gasteiger partial charge >= 0.3 is 6.03 Å². The van der Waals surface area contributed by atoms with Crippen molar-refractivity contribution >= 4 is 17.4 Å². The summed E-state index contributed by atoms with van der Waals surface area (Å²) in [4.78, 5) is 16.7. The Balaban J connectivity index is 1.62. The van der Waals surface area contributed by atoms with E-state index in [9.17, 15) is 4.79 Å². The minimum atomic E-state index is 0.0414. The first-order valence-corrected chi connectivity index (χ1v) is 11.5. The number of nitrogens with one attached hydrogen (secondary N) is 1. The standard InChI is InChI=1S/C22H31N3O2S/c1-3-18-19-10-7-13-24(19)21-17(16-9-5-6-11-20(16)28-21)15-25(18)22(26)23-12-8-14-27-4-2/h7,10,13,18H,3-6,8-9,11-12,14-15H2,1-2H3,(H,23,26)/t18-/m0/s1. The lowest BCUT2D eigenvalue weighted by Crippen LogP contribution is -2.42. The van der Waals surface area contributed by atoms with Crippen LogP contribution in [0.2, 0.25) is 0 Å². The second kappa shape index (κ2) is 8.70. The predicted molar refractivity (Wildman–Crippen MR) is 113 cm³/mol. The van der Waals surface area contributed by atoms with Gasteiger partial charge in [-0.1, -0.05) is 6.92 Å². The molecule has 0 aromatic carbocycles. The van der Waals surface area contributed by atoms with Crippen LogP contribution in [-0.2, 0) is 24.1 Å². The molecule has 0 fully saturated rings. The van der Waals surface area contributed by atoms with E-state index in [2.05, 4.69) is 40.0 Å². The third-order valence-corrected chi connectivity index (χ3v) is 7.23. The van der Waals surface area contributed by atoms with Gasteiger partial charge in [-0.05, 0) is 63.1 Å². The van der Waals surface area contributed by atoms with Crippen LogP contribution in [-0.4, -0.2) is 35.3 Å². The number of carbonyl (C=O) groups is 1. The number of carbonyl (C=O) groups excluding carboxylic acids is 1. The molecule has 152 valence electrons. The van der Waals surface area contributed by atoms with Gasteiger partial charge < -0.3 is 19.5 Å². The van der Waals surface area contributed by atoms with E-state index in [1.807, 2.05) is 18.3 Å². The molecule has 0 unspecified atom stereocenters. The maximum Gasteiger partial charge on any atom is 0.318 e. The number of amides is 2. The zero-order chi connectivity index (χ0) is 19.5. The highest BCUT2D eigenvalue weighted by Crippen LogP contribution is 2.42. The maximum absolute atomic E-state index is 13.2. The number of nitrogens with zero attached hydrogens (tertiary/aromatic N) is 2. The molecular weight excluding hydrogens is 370 g/mol. The molecule has 5 nitrogen and oxygen atoms in total. The van der Waals surface area contributed by atoms with Crippen molar-refractivity contribution in [3.8, 4) is 5.00 Å². The van der Waals surface area contributed by atoms with Crippen LogP contribution in [0.5, 0.6) is 0 Å². The fraction of sp³-hybridized carbons (Fsp3) is 0.591. The van der Waals surface area contributed by atoms with Crippen LogP contribution in [0.1, 0.15) is 67.3 Å². The molecule has 2 amide bonds. The Morgan fingerprint density at radius 2 is 2.14 bits per heavy atom. The summed E-state index contributed by atoms with van der Waals surface area (Å²) >= 11 is 1.94. The number of urea groups is 1. The second-order valence-electron chi connectivity index (χ2n) is 7.63. The molecule has 0 saturated heterocycles. The highest BCUT2D eigenvalue weighted by atomic mass is 32.1. The van der Waals surface area contributed by atoms with E-state index < -0.39 is 0 Å². The molecule has 1 atom stereocenters. The molecule has 0 radical (unpaired) electrons. The van der Waals surface area contributed by atoms with Crippen molar-refractivity contribution in [3.63, 3.8) is 0 Å². The van der Waals surface area contributed by atoms with Gasteiger partial charge in [-0.15, -0.1) is 11.3 Å². The first-order chi connectivity index (χ1) is 13.7. The molecule has 0 saturated carbocycles. The number of hydrogen-bond donors (Lipinski definition) is 1. The average Bonchev–Trinajstić information content (AvgIpc) is 3.30. The van der Waals surface area contributed by atoms with E-state index in [1.165, 1.54) is 46.0 Å².